The third-order valence-electron chi connectivity index (χ3n) is 6.49. The molecule has 5 heterocycles. The molecule has 1 saturated heterocycles. The average molecular weight is 432 g/mol. The summed E-state index contributed by atoms with van der Waals surface area (Å²) in [4.78, 5) is 44.4. The van der Waals surface area contributed by atoms with Crippen LogP contribution in [0.15, 0.2) is 45.0 Å². The minimum absolute atomic E-state index is 0.103. The topological polar surface area (TPSA) is 125 Å². The van der Waals surface area contributed by atoms with Crippen molar-refractivity contribution in [2.24, 2.45) is 18.9 Å². The van der Waals surface area contributed by atoms with Crippen LogP contribution in [0.1, 0.15) is 23.3 Å². The molecule has 2 atom stereocenters. The van der Waals surface area contributed by atoms with E-state index in [4.69, 9.17) is 4.52 Å². The van der Waals surface area contributed by atoms with Crippen molar-refractivity contribution in [3.63, 3.8) is 0 Å². The van der Waals surface area contributed by atoms with E-state index in [9.17, 15) is 9.59 Å². The highest BCUT2D eigenvalue weighted by Crippen LogP contribution is 2.57. The number of pyridine rings is 1. The van der Waals surface area contributed by atoms with E-state index < -0.39 is 0 Å². The standard InChI is InChI=1S/C21H20N8O3/c1-11-5-15(23-9-22-11)28-6-12-13(7-28)18(12)20-25-16(32-26-20)8-29-10-24-14-3-4-17(30)27(2)19(14)21(29)31/h3-5,9-10,12-13,18H,6-8H2,1-2H3. The van der Waals surface area contributed by atoms with Crippen LogP contribution in [0.4, 0.5) is 5.82 Å². The fraction of sp³-hybridized carbons (Fsp3) is 0.381. The molecule has 0 bridgehead atoms. The minimum Gasteiger partial charge on any atom is -0.356 e. The molecule has 11 nitrogen and oxygen atoms in total. The van der Waals surface area contributed by atoms with Crippen LogP contribution in [0, 0.1) is 18.8 Å². The Morgan fingerprint density at radius 1 is 1.12 bits per heavy atom. The molecule has 0 radical (unpaired) electrons. The Morgan fingerprint density at radius 2 is 1.94 bits per heavy atom. The van der Waals surface area contributed by atoms with Gasteiger partial charge in [-0.05, 0) is 24.8 Å². The van der Waals surface area contributed by atoms with Crippen molar-refractivity contribution in [1.29, 1.82) is 0 Å². The number of aryl methyl sites for hydroxylation is 2. The molecule has 1 aliphatic carbocycles. The summed E-state index contributed by atoms with van der Waals surface area (Å²) >= 11 is 0. The monoisotopic (exact) mass is 432 g/mol. The van der Waals surface area contributed by atoms with E-state index in [0.717, 1.165) is 24.6 Å². The molecular formula is C21H20N8O3. The number of anilines is 1. The van der Waals surface area contributed by atoms with Crippen LogP contribution < -0.4 is 16.0 Å². The van der Waals surface area contributed by atoms with E-state index in [0.29, 0.717) is 29.1 Å². The Morgan fingerprint density at radius 3 is 2.72 bits per heavy atom. The fourth-order valence-corrected chi connectivity index (χ4v) is 4.74. The van der Waals surface area contributed by atoms with E-state index in [1.807, 2.05) is 13.0 Å². The van der Waals surface area contributed by atoms with Crippen molar-refractivity contribution in [3.8, 4) is 0 Å². The molecule has 162 valence electrons. The third-order valence-corrected chi connectivity index (χ3v) is 6.49. The van der Waals surface area contributed by atoms with Crippen molar-refractivity contribution >= 4 is 16.9 Å². The summed E-state index contributed by atoms with van der Waals surface area (Å²) in [6.45, 7) is 3.86. The van der Waals surface area contributed by atoms with Gasteiger partial charge in [-0.15, -0.1) is 0 Å². The summed E-state index contributed by atoms with van der Waals surface area (Å²) in [5.41, 5.74) is 1.08. The van der Waals surface area contributed by atoms with Crippen LogP contribution in [0.5, 0.6) is 0 Å². The fourth-order valence-electron chi connectivity index (χ4n) is 4.74. The molecule has 4 aromatic rings. The first-order chi connectivity index (χ1) is 15.5. The van der Waals surface area contributed by atoms with Crippen LogP contribution in [0.25, 0.3) is 11.0 Å². The predicted octanol–water partition coefficient (Wildman–Crippen LogP) is 0.475. The lowest BCUT2D eigenvalue weighted by atomic mass is 10.2. The maximum Gasteiger partial charge on any atom is 0.278 e. The van der Waals surface area contributed by atoms with E-state index in [2.05, 4.69) is 30.0 Å². The first-order valence-corrected chi connectivity index (χ1v) is 10.4. The highest BCUT2D eigenvalue weighted by atomic mass is 16.5. The summed E-state index contributed by atoms with van der Waals surface area (Å²) in [5.74, 6) is 3.18. The number of hydrogen-bond acceptors (Lipinski definition) is 9. The highest BCUT2D eigenvalue weighted by Gasteiger charge is 2.58. The number of piperidine rings is 1. The molecule has 2 unspecified atom stereocenters. The zero-order valence-electron chi connectivity index (χ0n) is 17.5. The second kappa shape index (κ2) is 6.81. The molecule has 2 fully saturated rings. The Hall–Kier alpha value is -3.89. The zero-order chi connectivity index (χ0) is 22.0. The van der Waals surface area contributed by atoms with Crippen molar-refractivity contribution in [2.45, 2.75) is 19.4 Å². The highest BCUT2D eigenvalue weighted by molar-refractivity contribution is 5.72. The summed E-state index contributed by atoms with van der Waals surface area (Å²) in [5, 5.41) is 4.17. The Kier molecular flexibility index (Phi) is 4.01. The molecular weight excluding hydrogens is 412 g/mol. The van der Waals surface area contributed by atoms with Crippen molar-refractivity contribution in [1.82, 2.24) is 34.2 Å². The van der Waals surface area contributed by atoms with Crippen LogP contribution in [-0.4, -0.2) is 47.3 Å². The number of hydrogen-bond donors (Lipinski definition) is 0. The molecule has 0 spiro atoms. The summed E-state index contributed by atoms with van der Waals surface area (Å²) in [6.07, 6.45) is 3.03. The summed E-state index contributed by atoms with van der Waals surface area (Å²) in [6, 6.07) is 4.94. The lowest BCUT2D eigenvalue weighted by Gasteiger charge is -2.20. The predicted molar refractivity (Wildman–Crippen MR) is 113 cm³/mol. The Balaban J connectivity index is 1.19. The van der Waals surface area contributed by atoms with E-state index in [1.165, 1.54) is 21.5 Å². The number of fused-ring (bicyclic) bond motifs is 2. The summed E-state index contributed by atoms with van der Waals surface area (Å²) in [7, 11) is 1.56. The first-order valence-electron chi connectivity index (χ1n) is 10.4. The number of aromatic nitrogens is 7. The van der Waals surface area contributed by atoms with Gasteiger partial charge in [0, 0.05) is 43.9 Å². The molecule has 0 aromatic carbocycles. The van der Waals surface area contributed by atoms with Gasteiger partial charge in [-0.1, -0.05) is 5.16 Å². The molecule has 2 aliphatic rings. The maximum absolute atomic E-state index is 12.9. The van der Waals surface area contributed by atoms with E-state index >= 15 is 0 Å². The Bertz CT molecular complexity index is 1460. The van der Waals surface area contributed by atoms with Crippen molar-refractivity contribution in [3.05, 3.63) is 69.0 Å². The zero-order valence-corrected chi connectivity index (χ0v) is 17.5. The molecule has 0 amide bonds. The van der Waals surface area contributed by atoms with Gasteiger partial charge in [0.1, 0.15) is 24.2 Å². The van der Waals surface area contributed by atoms with Gasteiger partial charge in [0.05, 0.1) is 11.8 Å². The second-order valence-electron chi connectivity index (χ2n) is 8.46. The molecule has 32 heavy (non-hydrogen) atoms. The normalized spacial score (nSPS) is 21.8. The van der Waals surface area contributed by atoms with E-state index in [1.54, 1.807) is 19.4 Å². The van der Waals surface area contributed by atoms with E-state index in [-0.39, 0.29) is 29.1 Å². The Labute approximate surface area is 181 Å². The lowest BCUT2D eigenvalue weighted by molar-refractivity contribution is 0.363. The number of rotatable bonds is 4. The van der Waals surface area contributed by atoms with Gasteiger partial charge in [-0.2, -0.15) is 4.98 Å². The average Bonchev–Trinajstić information content (AvgIpc) is 3.12. The van der Waals surface area contributed by atoms with Gasteiger partial charge >= 0.3 is 0 Å². The largest absolute Gasteiger partial charge is 0.356 e. The van der Waals surface area contributed by atoms with Crippen LogP contribution >= 0.6 is 0 Å². The van der Waals surface area contributed by atoms with Gasteiger partial charge in [0.2, 0.25) is 5.89 Å². The SMILES string of the molecule is Cc1cc(N2CC3C(C2)C3c2noc(Cn3cnc4ccc(=O)n(C)c4c3=O)n2)ncn1. The second-order valence-corrected chi connectivity index (χ2v) is 8.46. The summed E-state index contributed by atoms with van der Waals surface area (Å²) < 4.78 is 8.12. The molecule has 11 heteroatoms. The van der Waals surface area contributed by atoms with Gasteiger partial charge < -0.3 is 14.0 Å². The van der Waals surface area contributed by atoms with Gasteiger partial charge in [-0.3, -0.25) is 14.2 Å². The van der Waals surface area contributed by atoms with Gasteiger partial charge in [-0.25, -0.2) is 15.0 Å². The van der Waals surface area contributed by atoms with Crippen molar-refractivity contribution < 1.29 is 4.52 Å². The van der Waals surface area contributed by atoms with Crippen molar-refractivity contribution in [2.75, 3.05) is 18.0 Å². The third kappa shape index (κ3) is 2.92. The molecule has 1 saturated carbocycles. The minimum atomic E-state index is -0.325. The molecule has 4 aromatic heterocycles. The smallest absolute Gasteiger partial charge is 0.278 e. The maximum atomic E-state index is 12.9. The van der Waals surface area contributed by atoms with Gasteiger partial charge in [0.25, 0.3) is 11.1 Å². The molecule has 0 N–H and O–H groups in total. The van der Waals surface area contributed by atoms with Crippen LogP contribution in [0.3, 0.4) is 0 Å². The molecule has 6 rings (SSSR count). The first kappa shape index (κ1) is 18.8. The molecule has 1 aliphatic heterocycles. The quantitative estimate of drug-likeness (QED) is 0.452. The van der Waals surface area contributed by atoms with Crippen LogP contribution in [-0.2, 0) is 13.6 Å². The van der Waals surface area contributed by atoms with Gasteiger partial charge in [0.15, 0.2) is 5.82 Å². The lowest BCUT2D eigenvalue weighted by Crippen LogP contribution is -2.28. The van der Waals surface area contributed by atoms with Crippen LogP contribution in [0.2, 0.25) is 0 Å². The number of nitrogens with zero attached hydrogens (tertiary/aromatic N) is 8.